The summed E-state index contributed by atoms with van der Waals surface area (Å²) >= 11 is 0. The summed E-state index contributed by atoms with van der Waals surface area (Å²) in [6.07, 6.45) is 0.852. The van der Waals surface area contributed by atoms with Gasteiger partial charge in [0.25, 0.3) is 0 Å². The van der Waals surface area contributed by atoms with Crippen LogP contribution in [0.1, 0.15) is 23.2 Å². The number of carboxylic acids is 1. The fourth-order valence-electron chi connectivity index (χ4n) is 2.01. The van der Waals surface area contributed by atoms with Crippen molar-refractivity contribution in [1.29, 1.82) is 0 Å². The van der Waals surface area contributed by atoms with E-state index < -0.39 is 18.7 Å². The summed E-state index contributed by atoms with van der Waals surface area (Å²) in [7, 11) is 0. The number of carbonyl (C=O) groups is 2. The first-order valence-electron chi connectivity index (χ1n) is 5.35. The number of carbonyl (C=O) groups excluding carboxylic acids is 1. The summed E-state index contributed by atoms with van der Waals surface area (Å²) < 4.78 is 12.7. The van der Waals surface area contributed by atoms with Crippen LogP contribution in [0, 0.1) is 0 Å². The zero-order chi connectivity index (χ0) is 12.4. The van der Waals surface area contributed by atoms with Gasteiger partial charge in [-0.2, -0.15) is 0 Å². The molecule has 1 heterocycles. The molecule has 4 nitrogen and oxygen atoms in total. The average Bonchev–Trinajstić information content (AvgIpc) is 2.70. The van der Waals surface area contributed by atoms with Crippen LogP contribution in [0.15, 0.2) is 24.3 Å². The minimum absolute atomic E-state index is 0.115. The van der Waals surface area contributed by atoms with Gasteiger partial charge in [-0.05, 0) is 30.7 Å². The summed E-state index contributed by atoms with van der Waals surface area (Å²) in [6, 6.07) is 5.49. The summed E-state index contributed by atoms with van der Waals surface area (Å²) in [4.78, 5) is 23.7. The van der Waals surface area contributed by atoms with E-state index in [2.05, 4.69) is 0 Å². The third kappa shape index (κ3) is 2.13. The van der Waals surface area contributed by atoms with Crippen LogP contribution in [-0.2, 0) is 4.79 Å². The standard InChI is InChI=1S/C12H12FNO3/c13-7-10-5-6-11(15)14(10)9-3-1-8(2-4-9)12(16)17/h1-4,10H,5-7H2,(H,16,17)/t10-/m1/s1. The molecule has 0 aliphatic carbocycles. The lowest BCUT2D eigenvalue weighted by molar-refractivity contribution is -0.117. The number of hydrogen-bond acceptors (Lipinski definition) is 2. The van der Waals surface area contributed by atoms with E-state index in [-0.39, 0.29) is 11.5 Å². The molecule has 1 aliphatic rings. The Kier molecular flexibility index (Phi) is 3.08. The second-order valence-electron chi connectivity index (χ2n) is 3.96. The summed E-state index contributed by atoms with van der Waals surface area (Å²) in [5, 5.41) is 8.75. The van der Waals surface area contributed by atoms with E-state index >= 15 is 0 Å². The van der Waals surface area contributed by atoms with Crippen LogP contribution >= 0.6 is 0 Å². The molecule has 1 aliphatic heterocycles. The minimum Gasteiger partial charge on any atom is -0.478 e. The fourth-order valence-corrected chi connectivity index (χ4v) is 2.01. The van der Waals surface area contributed by atoms with Crippen LogP contribution < -0.4 is 4.90 Å². The van der Waals surface area contributed by atoms with Crippen molar-refractivity contribution >= 4 is 17.6 Å². The number of hydrogen-bond donors (Lipinski definition) is 1. The number of benzene rings is 1. The number of anilines is 1. The monoisotopic (exact) mass is 237 g/mol. The maximum absolute atomic E-state index is 12.7. The molecule has 1 atom stereocenters. The second-order valence-corrected chi connectivity index (χ2v) is 3.96. The third-order valence-corrected chi connectivity index (χ3v) is 2.90. The topological polar surface area (TPSA) is 57.6 Å². The van der Waals surface area contributed by atoms with E-state index in [1.807, 2.05) is 0 Å². The lowest BCUT2D eigenvalue weighted by Crippen LogP contribution is -2.34. The van der Waals surface area contributed by atoms with E-state index in [9.17, 15) is 14.0 Å². The molecule has 17 heavy (non-hydrogen) atoms. The van der Waals surface area contributed by atoms with Gasteiger partial charge < -0.3 is 10.0 Å². The van der Waals surface area contributed by atoms with Crippen LogP contribution in [0.4, 0.5) is 10.1 Å². The Morgan fingerprint density at radius 3 is 2.59 bits per heavy atom. The molecule has 2 rings (SSSR count). The quantitative estimate of drug-likeness (QED) is 0.872. The molecule has 1 aromatic carbocycles. The predicted molar refractivity (Wildman–Crippen MR) is 59.9 cm³/mol. The molecule has 0 radical (unpaired) electrons. The van der Waals surface area contributed by atoms with Gasteiger partial charge >= 0.3 is 5.97 Å². The zero-order valence-electron chi connectivity index (χ0n) is 9.10. The molecule has 1 aromatic rings. The van der Waals surface area contributed by atoms with Crippen molar-refractivity contribution in [3.63, 3.8) is 0 Å². The summed E-state index contributed by atoms with van der Waals surface area (Å²) in [5.74, 6) is -1.14. The van der Waals surface area contributed by atoms with Gasteiger partial charge in [0.05, 0.1) is 11.6 Å². The van der Waals surface area contributed by atoms with E-state index in [4.69, 9.17) is 5.11 Å². The van der Waals surface area contributed by atoms with Crippen molar-refractivity contribution < 1.29 is 19.1 Å². The third-order valence-electron chi connectivity index (χ3n) is 2.90. The average molecular weight is 237 g/mol. The van der Waals surface area contributed by atoms with Crippen molar-refractivity contribution in [2.75, 3.05) is 11.6 Å². The molecule has 0 spiro atoms. The normalized spacial score (nSPS) is 19.7. The highest BCUT2D eigenvalue weighted by molar-refractivity contribution is 5.97. The van der Waals surface area contributed by atoms with Gasteiger partial charge in [-0.25, -0.2) is 9.18 Å². The highest BCUT2D eigenvalue weighted by Gasteiger charge is 2.31. The van der Waals surface area contributed by atoms with Crippen molar-refractivity contribution in [3.8, 4) is 0 Å². The maximum atomic E-state index is 12.7. The molecule has 0 unspecified atom stereocenters. The van der Waals surface area contributed by atoms with Gasteiger partial charge in [0, 0.05) is 12.1 Å². The smallest absolute Gasteiger partial charge is 0.335 e. The van der Waals surface area contributed by atoms with Gasteiger partial charge in [0.1, 0.15) is 6.67 Å². The molecule has 90 valence electrons. The van der Waals surface area contributed by atoms with E-state index in [1.165, 1.54) is 29.2 Å². The lowest BCUT2D eigenvalue weighted by Gasteiger charge is -2.22. The minimum atomic E-state index is -1.02. The molecule has 0 saturated carbocycles. The Balaban J connectivity index is 2.27. The van der Waals surface area contributed by atoms with Crippen LogP contribution in [0.25, 0.3) is 0 Å². The van der Waals surface area contributed by atoms with Crippen molar-refractivity contribution in [3.05, 3.63) is 29.8 Å². The van der Waals surface area contributed by atoms with Gasteiger partial charge in [-0.3, -0.25) is 4.79 Å². The molecule has 1 amide bonds. The van der Waals surface area contributed by atoms with Gasteiger partial charge in [0.15, 0.2) is 0 Å². The zero-order valence-corrected chi connectivity index (χ0v) is 9.10. The first-order chi connectivity index (χ1) is 8.13. The Labute approximate surface area is 97.7 Å². The van der Waals surface area contributed by atoms with Gasteiger partial charge in [-0.1, -0.05) is 0 Å². The van der Waals surface area contributed by atoms with E-state index in [0.717, 1.165) is 0 Å². The number of rotatable bonds is 3. The van der Waals surface area contributed by atoms with Crippen molar-refractivity contribution in [2.45, 2.75) is 18.9 Å². The maximum Gasteiger partial charge on any atom is 0.335 e. The second kappa shape index (κ2) is 4.53. The molecule has 5 heteroatoms. The van der Waals surface area contributed by atoms with Gasteiger partial charge in [0.2, 0.25) is 5.91 Å². The SMILES string of the molecule is O=C(O)c1ccc(N2C(=O)CC[C@@H]2CF)cc1. The number of alkyl halides is 1. The van der Waals surface area contributed by atoms with Crippen LogP contribution in [-0.4, -0.2) is 29.7 Å². The number of amides is 1. The Bertz CT molecular complexity index is 444. The van der Waals surface area contributed by atoms with E-state index in [1.54, 1.807) is 0 Å². The Morgan fingerprint density at radius 2 is 2.06 bits per heavy atom. The largest absolute Gasteiger partial charge is 0.478 e. The first kappa shape index (κ1) is 11.6. The van der Waals surface area contributed by atoms with Gasteiger partial charge in [-0.15, -0.1) is 0 Å². The number of halogens is 1. The number of nitrogens with zero attached hydrogens (tertiary/aromatic N) is 1. The van der Waals surface area contributed by atoms with E-state index in [0.29, 0.717) is 18.5 Å². The molecule has 1 fully saturated rings. The van der Waals surface area contributed by atoms with Crippen molar-refractivity contribution in [2.24, 2.45) is 0 Å². The summed E-state index contributed by atoms with van der Waals surface area (Å²) in [6.45, 7) is -0.577. The highest BCUT2D eigenvalue weighted by atomic mass is 19.1. The van der Waals surface area contributed by atoms with Crippen LogP contribution in [0.2, 0.25) is 0 Å². The van der Waals surface area contributed by atoms with Crippen molar-refractivity contribution in [1.82, 2.24) is 0 Å². The molecule has 1 saturated heterocycles. The number of aromatic carboxylic acids is 1. The Morgan fingerprint density at radius 1 is 1.41 bits per heavy atom. The number of carboxylic acid groups (broad SMARTS) is 1. The molecule has 1 N–H and O–H groups in total. The van der Waals surface area contributed by atoms with Crippen LogP contribution in [0.3, 0.4) is 0 Å². The first-order valence-corrected chi connectivity index (χ1v) is 5.35. The molecule has 0 aromatic heterocycles. The predicted octanol–water partition coefficient (Wildman–Crippen LogP) is 1.85. The highest BCUT2D eigenvalue weighted by Crippen LogP contribution is 2.27. The molecular formula is C12H12FNO3. The molecular weight excluding hydrogens is 225 g/mol. The lowest BCUT2D eigenvalue weighted by atomic mass is 10.2. The summed E-state index contributed by atoms with van der Waals surface area (Å²) in [5.41, 5.74) is 0.706. The molecule has 0 bridgehead atoms. The fraction of sp³-hybridized carbons (Fsp3) is 0.333. The Hall–Kier alpha value is -1.91. The van der Waals surface area contributed by atoms with Crippen LogP contribution in [0.5, 0.6) is 0 Å².